The molecule has 2 aromatic heterocycles. The summed E-state index contributed by atoms with van der Waals surface area (Å²) < 4.78 is 10.9. The molecule has 3 fully saturated rings. The van der Waals surface area contributed by atoms with Crippen molar-refractivity contribution in [2.24, 2.45) is 5.92 Å². The fourth-order valence-electron chi connectivity index (χ4n) is 3.38. The van der Waals surface area contributed by atoms with Gasteiger partial charge in [-0.15, -0.1) is 0 Å². The lowest BCUT2D eigenvalue weighted by atomic mass is 9.84. The van der Waals surface area contributed by atoms with Crippen molar-refractivity contribution in [3.8, 4) is 11.5 Å². The third-order valence-electron chi connectivity index (χ3n) is 4.57. The molecule has 5 heterocycles. The number of hydrogen-bond acceptors (Lipinski definition) is 4. The van der Waals surface area contributed by atoms with E-state index in [4.69, 9.17) is 8.83 Å². The largest absolute Gasteiger partial charge is 0.461 e. The number of hydrogen-bond donors (Lipinski definition) is 1. The predicted octanol–water partition coefficient (Wildman–Crippen LogP) is 2.36. The molecule has 0 unspecified atom stereocenters. The zero-order valence-electron chi connectivity index (χ0n) is 11.7. The van der Waals surface area contributed by atoms with Crippen molar-refractivity contribution in [3.63, 3.8) is 0 Å². The van der Waals surface area contributed by atoms with Gasteiger partial charge >= 0.3 is 0 Å². The van der Waals surface area contributed by atoms with Gasteiger partial charge in [-0.1, -0.05) is 0 Å². The fourth-order valence-corrected chi connectivity index (χ4v) is 3.38. The number of nitrogens with one attached hydrogen (secondary N) is 1. The monoisotopic (exact) mass is 286 g/mol. The first kappa shape index (κ1) is 12.7. The minimum absolute atomic E-state index is 0.133. The first-order valence-corrected chi connectivity index (χ1v) is 7.46. The minimum atomic E-state index is -0.133. The SMILES string of the molecule is O=C(N[C@H]1CN2CCC1CC2)c1ccc(-c2ccco2)o1. The van der Waals surface area contributed by atoms with Gasteiger partial charge in [0.05, 0.1) is 6.26 Å². The summed E-state index contributed by atoms with van der Waals surface area (Å²) in [5, 5.41) is 3.12. The van der Waals surface area contributed by atoms with Crippen LogP contribution in [0.4, 0.5) is 0 Å². The van der Waals surface area contributed by atoms with Crippen LogP contribution in [0.3, 0.4) is 0 Å². The predicted molar refractivity (Wildman–Crippen MR) is 76.8 cm³/mol. The second-order valence-corrected chi connectivity index (χ2v) is 5.86. The highest BCUT2D eigenvalue weighted by Crippen LogP contribution is 2.28. The summed E-state index contributed by atoms with van der Waals surface area (Å²) >= 11 is 0. The molecule has 5 nitrogen and oxygen atoms in total. The molecule has 0 aliphatic carbocycles. The maximum Gasteiger partial charge on any atom is 0.287 e. The standard InChI is InChI=1S/C16H18N2O3/c19-16(17-12-10-18-7-5-11(12)6-8-18)15-4-3-14(21-15)13-2-1-9-20-13/h1-4,9,11-12H,5-8,10H2,(H,17,19)/t12-/m0/s1. The van der Waals surface area contributed by atoms with Crippen molar-refractivity contribution in [2.75, 3.05) is 19.6 Å². The summed E-state index contributed by atoms with van der Waals surface area (Å²) in [6.07, 6.45) is 3.95. The highest BCUT2D eigenvalue weighted by atomic mass is 16.4. The Balaban J connectivity index is 1.46. The second kappa shape index (κ2) is 5.07. The Morgan fingerprint density at radius 2 is 2.05 bits per heavy atom. The Morgan fingerprint density at radius 3 is 2.71 bits per heavy atom. The quantitative estimate of drug-likeness (QED) is 0.941. The van der Waals surface area contributed by atoms with Gasteiger partial charge in [-0.05, 0) is 56.1 Å². The first-order valence-electron chi connectivity index (χ1n) is 7.46. The molecule has 5 heteroatoms. The summed E-state index contributed by atoms with van der Waals surface area (Å²) in [6.45, 7) is 3.29. The molecule has 1 N–H and O–H groups in total. The van der Waals surface area contributed by atoms with E-state index in [0.717, 1.165) is 6.54 Å². The number of fused-ring (bicyclic) bond motifs is 3. The molecule has 1 atom stereocenters. The maximum absolute atomic E-state index is 12.3. The first-order chi connectivity index (χ1) is 10.3. The molecule has 0 spiro atoms. The minimum Gasteiger partial charge on any atom is -0.461 e. The number of carbonyl (C=O) groups excluding carboxylic acids is 1. The van der Waals surface area contributed by atoms with Crippen molar-refractivity contribution in [1.82, 2.24) is 10.2 Å². The van der Waals surface area contributed by atoms with Crippen LogP contribution in [0.2, 0.25) is 0 Å². The smallest absolute Gasteiger partial charge is 0.287 e. The van der Waals surface area contributed by atoms with Gasteiger partial charge < -0.3 is 19.1 Å². The van der Waals surface area contributed by atoms with Gasteiger partial charge in [0.25, 0.3) is 5.91 Å². The molecule has 0 radical (unpaired) electrons. The second-order valence-electron chi connectivity index (χ2n) is 5.86. The van der Waals surface area contributed by atoms with E-state index in [2.05, 4.69) is 10.2 Å². The lowest BCUT2D eigenvalue weighted by Gasteiger charge is -2.44. The van der Waals surface area contributed by atoms with Crippen molar-refractivity contribution < 1.29 is 13.6 Å². The van der Waals surface area contributed by atoms with E-state index in [1.54, 1.807) is 24.5 Å². The molecule has 0 saturated carbocycles. The Kier molecular flexibility index (Phi) is 3.07. The van der Waals surface area contributed by atoms with E-state index in [1.807, 2.05) is 6.07 Å². The van der Waals surface area contributed by atoms with Crippen LogP contribution in [-0.4, -0.2) is 36.5 Å². The molecule has 2 bridgehead atoms. The van der Waals surface area contributed by atoms with Crippen LogP contribution in [0.1, 0.15) is 23.4 Å². The molecule has 1 amide bonds. The van der Waals surface area contributed by atoms with Gasteiger partial charge in [0.1, 0.15) is 0 Å². The number of rotatable bonds is 3. The molecule has 3 aliphatic heterocycles. The van der Waals surface area contributed by atoms with Crippen LogP contribution in [0.5, 0.6) is 0 Å². The molecule has 5 rings (SSSR count). The van der Waals surface area contributed by atoms with Crippen LogP contribution < -0.4 is 5.32 Å². The van der Waals surface area contributed by atoms with Crippen LogP contribution in [-0.2, 0) is 0 Å². The van der Waals surface area contributed by atoms with Crippen LogP contribution in [0, 0.1) is 5.92 Å². The lowest BCUT2D eigenvalue weighted by Crippen LogP contribution is -2.57. The summed E-state index contributed by atoms with van der Waals surface area (Å²) in [5.41, 5.74) is 0. The van der Waals surface area contributed by atoms with Gasteiger partial charge in [-0.25, -0.2) is 0 Å². The van der Waals surface area contributed by atoms with E-state index in [9.17, 15) is 4.79 Å². The highest BCUT2D eigenvalue weighted by Gasteiger charge is 2.35. The molecular formula is C16H18N2O3. The van der Waals surface area contributed by atoms with Crippen LogP contribution in [0.15, 0.2) is 39.4 Å². The third kappa shape index (κ3) is 2.38. The van der Waals surface area contributed by atoms with Crippen molar-refractivity contribution in [3.05, 3.63) is 36.3 Å². The Hall–Kier alpha value is -2.01. The molecule has 0 aromatic carbocycles. The Bertz CT molecular complexity index is 624. The van der Waals surface area contributed by atoms with Gasteiger partial charge in [0, 0.05) is 12.6 Å². The van der Waals surface area contributed by atoms with E-state index in [1.165, 1.54) is 25.9 Å². The number of piperidine rings is 3. The third-order valence-corrected chi connectivity index (χ3v) is 4.57. The molecular weight excluding hydrogens is 268 g/mol. The lowest BCUT2D eigenvalue weighted by molar-refractivity contribution is 0.0606. The summed E-state index contributed by atoms with van der Waals surface area (Å²) in [7, 11) is 0. The van der Waals surface area contributed by atoms with Gasteiger partial charge in [0.15, 0.2) is 17.3 Å². The zero-order valence-corrected chi connectivity index (χ0v) is 11.7. The number of nitrogens with zero attached hydrogens (tertiary/aromatic N) is 1. The van der Waals surface area contributed by atoms with Crippen molar-refractivity contribution in [2.45, 2.75) is 18.9 Å². The van der Waals surface area contributed by atoms with Crippen LogP contribution >= 0.6 is 0 Å². The zero-order chi connectivity index (χ0) is 14.2. The van der Waals surface area contributed by atoms with Crippen molar-refractivity contribution in [1.29, 1.82) is 0 Å². The molecule has 21 heavy (non-hydrogen) atoms. The van der Waals surface area contributed by atoms with E-state index in [0.29, 0.717) is 23.2 Å². The average Bonchev–Trinajstić information content (AvgIpc) is 3.20. The highest BCUT2D eigenvalue weighted by molar-refractivity contribution is 5.92. The Labute approximate surface area is 122 Å². The molecule has 2 aromatic rings. The van der Waals surface area contributed by atoms with Crippen molar-refractivity contribution >= 4 is 5.91 Å². The summed E-state index contributed by atoms with van der Waals surface area (Å²) in [4.78, 5) is 14.7. The number of furan rings is 2. The van der Waals surface area contributed by atoms with Gasteiger partial charge in [-0.2, -0.15) is 0 Å². The van der Waals surface area contributed by atoms with E-state index >= 15 is 0 Å². The van der Waals surface area contributed by atoms with Crippen LogP contribution in [0.25, 0.3) is 11.5 Å². The summed E-state index contributed by atoms with van der Waals surface area (Å²) in [5.74, 6) is 2.04. The number of carbonyl (C=O) groups is 1. The average molecular weight is 286 g/mol. The topological polar surface area (TPSA) is 58.6 Å². The molecule has 3 aliphatic rings. The molecule has 3 saturated heterocycles. The normalized spacial score (nSPS) is 27.7. The molecule has 110 valence electrons. The number of amides is 1. The summed E-state index contributed by atoms with van der Waals surface area (Å²) in [6, 6.07) is 7.33. The van der Waals surface area contributed by atoms with E-state index in [-0.39, 0.29) is 11.9 Å². The van der Waals surface area contributed by atoms with Gasteiger partial charge in [0.2, 0.25) is 0 Å². The van der Waals surface area contributed by atoms with E-state index < -0.39 is 0 Å². The van der Waals surface area contributed by atoms with Gasteiger partial charge in [-0.3, -0.25) is 4.79 Å². The fraction of sp³-hybridized carbons (Fsp3) is 0.438. The maximum atomic E-state index is 12.3. The Morgan fingerprint density at radius 1 is 1.19 bits per heavy atom.